The summed E-state index contributed by atoms with van der Waals surface area (Å²) in [7, 11) is 3.15. The topological polar surface area (TPSA) is 105 Å². The molecule has 0 saturated heterocycles. The van der Waals surface area contributed by atoms with E-state index in [2.05, 4.69) is 13.8 Å². The summed E-state index contributed by atoms with van der Waals surface area (Å²) in [5.74, 6) is 1.98. The van der Waals surface area contributed by atoms with Crippen LogP contribution in [0.25, 0.3) is 11.3 Å². The van der Waals surface area contributed by atoms with Gasteiger partial charge in [-0.1, -0.05) is 13.8 Å². The second-order valence-electron chi connectivity index (χ2n) is 9.50. The number of fused-ring (bicyclic) bond motifs is 4. The molecule has 1 aromatic heterocycles. The first-order valence-electron chi connectivity index (χ1n) is 12.1. The van der Waals surface area contributed by atoms with Crippen LogP contribution in [-0.4, -0.2) is 49.2 Å². The van der Waals surface area contributed by atoms with Crippen LogP contribution < -0.4 is 29.1 Å². The van der Waals surface area contributed by atoms with Gasteiger partial charge >= 0.3 is 5.97 Å². The van der Waals surface area contributed by atoms with E-state index in [1.165, 1.54) is 12.3 Å². The highest BCUT2D eigenvalue weighted by molar-refractivity contribution is 5.88. The number of carboxylic acids is 1. The fraction of sp³-hybridized carbons (Fsp3) is 0.357. The number of carbonyl (C=O) groups is 1. The van der Waals surface area contributed by atoms with Crippen LogP contribution in [0.5, 0.6) is 28.7 Å². The molecule has 0 bridgehead atoms. The fourth-order valence-corrected chi connectivity index (χ4v) is 4.85. The second kappa shape index (κ2) is 9.72. The van der Waals surface area contributed by atoms with Crippen LogP contribution in [0.2, 0.25) is 0 Å². The number of pyridine rings is 1. The molecule has 2 atom stereocenters. The number of hydrogen-bond donors (Lipinski definition) is 1. The maximum absolute atomic E-state index is 12.6. The number of aromatic carboxylic acids is 1. The summed E-state index contributed by atoms with van der Waals surface area (Å²) in [6.07, 6.45) is 1.79. The van der Waals surface area contributed by atoms with E-state index in [1.54, 1.807) is 26.4 Å². The highest BCUT2D eigenvalue weighted by Gasteiger charge is 2.30. The van der Waals surface area contributed by atoms with Gasteiger partial charge in [0.15, 0.2) is 34.5 Å². The van der Waals surface area contributed by atoms with Crippen molar-refractivity contribution in [3.63, 3.8) is 0 Å². The lowest BCUT2D eigenvalue weighted by molar-refractivity contribution is 0.0525. The average Bonchev–Trinajstić information content (AvgIpc) is 2.89. The molecule has 2 aromatic carbocycles. The number of methoxy groups -OCH3 is 2. The minimum absolute atomic E-state index is 0.0222. The minimum atomic E-state index is -1.23. The van der Waals surface area contributed by atoms with Crippen molar-refractivity contribution in [2.45, 2.75) is 32.4 Å². The van der Waals surface area contributed by atoms with Crippen molar-refractivity contribution in [2.24, 2.45) is 5.92 Å². The van der Waals surface area contributed by atoms with Gasteiger partial charge in [0, 0.05) is 29.9 Å². The van der Waals surface area contributed by atoms with Crippen molar-refractivity contribution in [1.82, 2.24) is 4.57 Å². The van der Waals surface area contributed by atoms with Crippen LogP contribution in [0.4, 0.5) is 0 Å². The molecule has 0 aliphatic carbocycles. The number of ether oxygens (including phenoxy) is 5. The molecule has 194 valence electrons. The highest BCUT2D eigenvalue weighted by Crippen LogP contribution is 2.43. The summed E-state index contributed by atoms with van der Waals surface area (Å²) in [4.78, 5) is 24.2. The Hall–Kier alpha value is -4.14. The van der Waals surface area contributed by atoms with Gasteiger partial charge in [-0.3, -0.25) is 4.79 Å². The molecule has 2 aliphatic rings. The third-order valence-electron chi connectivity index (χ3n) is 6.83. The first kappa shape index (κ1) is 24.5. The Morgan fingerprint density at radius 2 is 1.92 bits per heavy atom. The number of rotatable bonds is 7. The summed E-state index contributed by atoms with van der Waals surface area (Å²) in [6.45, 7) is 4.72. The standard InChI is InChI=1S/C28H29NO8/c1-15(2)21-7-16-8-26(35-13-18-14-36-27-9-17(33-3)5-6-24(27)37-18)25(34-4)10-19(16)22-11-23(30)20(28(31)32)12-29(21)22/h5-6,8-12,15,18,21H,7,13-14H2,1-4H3,(H,31,32). The van der Waals surface area contributed by atoms with Gasteiger partial charge in [0.1, 0.15) is 24.5 Å². The van der Waals surface area contributed by atoms with E-state index >= 15 is 0 Å². The molecule has 3 aromatic rings. The molecule has 5 rings (SSSR count). The van der Waals surface area contributed by atoms with Gasteiger partial charge < -0.3 is 33.4 Å². The molecular formula is C28H29NO8. The SMILES string of the molecule is COc1ccc2c(c1)OCC(COc1cc3c(cc1OC)-c1cc(=O)c(C(=O)O)cn1C(C(C)C)C3)O2. The van der Waals surface area contributed by atoms with E-state index in [1.807, 2.05) is 22.8 Å². The molecule has 0 spiro atoms. The third-order valence-corrected chi connectivity index (χ3v) is 6.83. The van der Waals surface area contributed by atoms with E-state index < -0.39 is 11.4 Å². The Kier molecular flexibility index (Phi) is 6.45. The first-order chi connectivity index (χ1) is 17.8. The Balaban J connectivity index is 1.43. The Morgan fingerprint density at radius 3 is 2.62 bits per heavy atom. The maximum Gasteiger partial charge on any atom is 0.341 e. The van der Waals surface area contributed by atoms with E-state index in [0.29, 0.717) is 47.5 Å². The Labute approximate surface area is 214 Å². The quantitative estimate of drug-likeness (QED) is 0.507. The molecule has 0 fully saturated rings. The summed E-state index contributed by atoms with van der Waals surface area (Å²) < 4.78 is 30.8. The first-order valence-corrected chi connectivity index (χ1v) is 12.1. The van der Waals surface area contributed by atoms with Crippen molar-refractivity contribution >= 4 is 5.97 Å². The summed E-state index contributed by atoms with van der Waals surface area (Å²) >= 11 is 0. The van der Waals surface area contributed by atoms with Crippen LogP contribution in [0.15, 0.2) is 47.4 Å². The van der Waals surface area contributed by atoms with Gasteiger partial charge in [0.05, 0.1) is 19.9 Å². The number of aromatic nitrogens is 1. The van der Waals surface area contributed by atoms with Crippen molar-refractivity contribution < 1.29 is 33.6 Å². The minimum Gasteiger partial charge on any atom is -0.497 e. The van der Waals surface area contributed by atoms with Crippen LogP contribution in [-0.2, 0) is 6.42 Å². The average molecular weight is 508 g/mol. The molecule has 0 saturated carbocycles. The van der Waals surface area contributed by atoms with Gasteiger partial charge in [0.25, 0.3) is 0 Å². The largest absolute Gasteiger partial charge is 0.497 e. The molecule has 0 radical (unpaired) electrons. The molecule has 9 nitrogen and oxygen atoms in total. The predicted molar refractivity (Wildman–Crippen MR) is 136 cm³/mol. The van der Waals surface area contributed by atoms with E-state index in [0.717, 1.165) is 11.1 Å². The van der Waals surface area contributed by atoms with Gasteiger partial charge in [-0.15, -0.1) is 0 Å². The number of benzene rings is 2. The van der Waals surface area contributed by atoms with Crippen LogP contribution in [0, 0.1) is 5.92 Å². The molecule has 2 aliphatic heterocycles. The predicted octanol–water partition coefficient (Wildman–Crippen LogP) is 4.20. The van der Waals surface area contributed by atoms with Gasteiger partial charge in [-0.2, -0.15) is 0 Å². The smallest absolute Gasteiger partial charge is 0.341 e. The molecule has 0 amide bonds. The van der Waals surface area contributed by atoms with Gasteiger partial charge in [-0.05, 0) is 42.2 Å². The lowest BCUT2D eigenvalue weighted by atomic mass is 9.87. The van der Waals surface area contributed by atoms with Gasteiger partial charge in [0.2, 0.25) is 0 Å². The van der Waals surface area contributed by atoms with Crippen molar-refractivity contribution in [3.05, 3.63) is 63.9 Å². The highest BCUT2D eigenvalue weighted by atomic mass is 16.6. The van der Waals surface area contributed by atoms with Gasteiger partial charge in [-0.25, -0.2) is 4.79 Å². The van der Waals surface area contributed by atoms with Crippen molar-refractivity contribution in [3.8, 4) is 40.0 Å². The molecular weight excluding hydrogens is 478 g/mol. The zero-order valence-corrected chi connectivity index (χ0v) is 21.1. The normalized spacial score (nSPS) is 17.5. The lowest BCUT2D eigenvalue weighted by Crippen LogP contribution is -2.34. The maximum atomic E-state index is 12.6. The van der Waals surface area contributed by atoms with Crippen molar-refractivity contribution in [2.75, 3.05) is 27.4 Å². The molecule has 37 heavy (non-hydrogen) atoms. The summed E-state index contributed by atoms with van der Waals surface area (Å²) in [6, 6.07) is 10.6. The lowest BCUT2D eigenvalue weighted by Gasteiger charge is -2.34. The monoisotopic (exact) mass is 507 g/mol. The molecule has 1 N–H and O–H groups in total. The Bertz CT molecular complexity index is 1410. The van der Waals surface area contributed by atoms with E-state index in [9.17, 15) is 14.7 Å². The van der Waals surface area contributed by atoms with Crippen LogP contribution >= 0.6 is 0 Å². The Morgan fingerprint density at radius 1 is 1.11 bits per heavy atom. The van der Waals surface area contributed by atoms with E-state index in [-0.39, 0.29) is 30.2 Å². The van der Waals surface area contributed by atoms with E-state index in [4.69, 9.17) is 23.7 Å². The molecule has 2 unspecified atom stereocenters. The zero-order valence-electron chi connectivity index (χ0n) is 21.1. The third kappa shape index (κ3) is 4.57. The zero-order chi connectivity index (χ0) is 26.3. The van der Waals surface area contributed by atoms with Crippen LogP contribution in [0.1, 0.15) is 35.8 Å². The van der Waals surface area contributed by atoms with Crippen molar-refractivity contribution in [1.29, 1.82) is 0 Å². The molecule has 3 heterocycles. The second-order valence-corrected chi connectivity index (χ2v) is 9.50. The summed E-state index contributed by atoms with van der Waals surface area (Å²) in [5.41, 5.74) is 1.71. The fourth-order valence-electron chi connectivity index (χ4n) is 4.85. The molecule has 9 heteroatoms. The number of nitrogens with zero attached hydrogens (tertiary/aromatic N) is 1. The van der Waals surface area contributed by atoms with Crippen LogP contribution in [0.3, 0.4) is 0 Å². The number of hydrogen-bond acceptors (Lipinski definition) is 7. The number of carboxylic acid groups (broad SMARTS) is 1. The summed E-state index contributed by atoms with van der Waals surface area (Å²) in [5, 5.41) is 9.48.